The van der Waals surface area contributed by atoms with Crippen molar-refractivity contribution < 1.29 is 0 Å². The third kappa shape index (κ3) is 2.82. The van der Waals surface area contributed by atoms with Crippen LogP contribution in [0.4, 0.5) is 10.9 Å². The van der Waals surface area contributed by atoms with Crippen LogP contribution in [0.3, 0.4) is 0 Å². The van der Waals surface area contributed by atoms with Crippen molar-refractivity contribution in [2.75, 3.05) is 5.32 Å². The number of nitrogens with one attached hydrogen (secondary N) is 1. The molecular formula is C15H10Cl2N6S. The molecule has 0 aliphatic rings. The van der Waals surface area contributed by atoms with E-state index in [1.54, 1.807) is 10.9 Å². The van der Waals surface area contributed by atoms with Gasteiger partial charge in [-0.3, -0.25) is 0 Å². The number of nitrogens with zero attached hydrogens (tertiary/aromatic N) is 5. The predicted molar refractivity (Wildman–Crippen MR) is 96.6 cm³/mol. The number of hydrogen-bond donors (Lipinski definition) is 1. The molecule has 0 fully saturated rings. The number of thiazole rings is 1. The lowest BCUT2D eigenvalue weighted by molar-refractivity contribution is 0.895. The Bertz CT molecular complexity index is 1010. The molecule has 0 unspecified atom stereocenters. The summed E-state index contributed by atoms with van der Waals surface area (Å²) in [5.41, 5.74) is 2.34. The van der Waals surface area contributed by atoms with Crippen molar-refractivity contribution in [1.29, 1.82) is 0 Å². The molecule has 1 aromatic carbocycles. The number of aromatic nitrogens is 5. The average molecular weight is 377 g/mol. The second kappa shape index (κ2) is 6.35. The SMILES string of the molecule is ClCc1csc(Nc2ncnc3c2cnn3-c2cccc(Cl)c2)n1. The van der Waals surface area contributed by atoms with E-state index < -0.39 is 0 Å². The summed E-state index contributed by atoms with van der Waals surface area (Å²) in [5, 5.41) is 11.7. The monoisotopic (exact) mass is 376 g/mol. The van der Waals surface area contributed by atoms with Crippen molar-refractivity contribution in [3.05, 3.63) is 52.9 Å². The maximum atomic E-state index is 6.06. The van der Waals surface area contributed by atoms with E-state index in [2.05, 4.69) is 25.4 Å². The highest BCUT2D eigenvalue weighted by molar-refractivity contribution is 7.13. The summed E-state index contributed by atoms with van der Waals surface area (Å²) in [7, 11) is 0. The molecule has 120 valence electrons. The molecule has 0 atom stereocenters. The van der Waals surface area contributed by atoms with Crippen LogP contribution >= 0.6 is 34.5 Å². The summed E-state index contributed by atoms with van der Waals surface area (Å²) in [6, 6.07) is 7.43. The lowest BCUT2D eigenvalue weighted by Gasteiger charge is -2.05. The Kier molecular flexibility index (Phi) is 4.05. The lowest BCUT2D eigenvalue weighted by Crippen LogP contribution is -1.99. The number of anilines is 2. The molecule has 0 aliphatic heterocycles. The Morgan fingerprint density at radius 3 is 2.96 bits per heavy atom. The minimum atomic E-state index is 0.379. The first-order valence-corrected chi connectivity index (χ1v) is 8.76. The van der Waals surface area contributed by atoms with Crippen LogP contribution in [-0.4, -0.2) is 24.7 Å². The molecule has 0 spiro atoms. The Morgan fingerprint density at radius 2 is 2.17 bits per heavy atom. The first-order chi connectivity index (χ1) is 11.7. The van der Waals surface area contributed by atoms with Crippen LogP contribution in [0.15, 0.2) is 42.2 Å². The van der Waals surface area contributed by atoms with Gasteiger partial charge in [-0.15, -0.1) is 22.9 Å². The van der Waals surface area contributed by atoms with Crippen molar-refractivity contribution in [3.8, 4) is 5.69 Å². The average Bonchev–Trinajstić information content (AvgIpc) is 3.22. The highest BCUT2D eigenvalue weighted by Crippen LogP contribution is 2.27. The van der Waals surface area contributed by atoms with Crippen LogP contribution < -0.4 is 5.32 Å². The van der Waals surface area contributed by atoms with Gasteiger partial charge in [0.1, 0.15) is 12.1 Å². The van der Waals surface area contributed by atoms with Gasteiger partial charge in [0, 0.05) is 10.4 Å². The van der Waals surface area contributed by atoms with Crippen molar-refractivity contribution in [3.63, 3.8) is 0 Å². The third-order valence-corrected chi connectivity index (χ3v) is 4.65. The largest absolute Gasteiger partial charge is 0.315 e. The summed E-state index contributed by atoms with van der Waals surface area (Å²) in [6.45, 7) is 0. The first-order valence-electron chi connectivity index (χ1n) is 6.96. The molecule has 0 saturated heterocycles. The number of halogens is 2. The molecular weight excluding hydrogens is 367 g/mol. The standard InChI is InChI=1S/C15H10Cl2N6S/c16-5-10-7-24-15(21-10)22-13-12-6-20-23(14(12)19-8-18-13)11-3-1-2-9(17)4-11/h1-4,6-8H,5H2,(H,18,19,21,22). The normalized spacial score (nSPS) is 11.1. The van der Waals surface area contributed by atoms with Gasteiger partial charge in [-0.2, -0.15) is 5.10 Å². The zero-order valence-corrected chi connectivity index (χ0v) is 14.5. The second-order valence-corrected chi connectivity index (χ2v) is 6.46. The Balaban J connectivity index is 1.76. The van der Waals surface area contributed by atoms with E-state index in [1.807, 2.05) is 29.6 Å². The van der Waals surface area contributed by atoms with Crippen molar-refractivity contribution in [2.24, 2.45) is 0 Å². The van der Waals surface area contributed by atoms with E-state index in [-0.39, 0.29) is 0 Å². The van der Waals surface area contributed by atoms with Gasteiger partial charge < -0.3 is 5.32 Å². The number of alkyl halides is 1. The second-order valence-electron chi connectivity index (χ2n) is 4.90. The molecule has 0 bridgehead atoms. The quantitative estimate of drug-likeness (QED) is 0.534. The molecule has 4 rings (SSSR count). The van der Waals surface area contributed by atoms with Gasteiger partial charge in [-0.1, -0.05) is 17.7 Å². The number of hydrogen-bond acceptors (Lipinski definition) is 6. The maximum Gasteiger partial charge on any atom is 0.188 e. The molecule has 4 aromatic rings. The summed E-state index contributed by atoms with van der Waals surface area (Å²) in [6.07, 6.45) is 3.21. The Labute approximate surface area is 151 Å². The third-order valence-electron chi connectivity index (χ3n) is 3.33. The van der Waals surface area contributed by atoms with Crippen LogP contribution in [0.25, 0.3) is 16.7 Å². The van der Waals surface area contributed by atoms with Crippen LogP contribution in [-0.2, 0) is 5.88 Å². The summed E-state index contributed by atoms with van der Waals surface area (Å²) >= 11 is 13.3. The van der Waals surface area contributed by atoms with Crippen LogP contribution in [0.5, 0.6) is 0 Å². The van der Waals surface area contributed by atoms with E-state index in [1.165, 1.54) is 17.7 Å². The van der Waals surface area contributed by atoms with Gasteiger partial charge in [-0.25, -0.2) is 19.6 Å². The minimum Gasteiger partial charge on any atom is -0.315 e. The number of rotatable bonds is 4. The summed E-state index contributed by atoms with van der Waals surface area (Å²) < 4.78 is 1.72. The van der Waals surface area contributed by atoms with Crippen molar-refractivity contribution >= 4 is 56.5 Å². The highest BCUT2D eigenvalue weighted by atomic mass is 35.5. The number of fused-ring (bicyclic) bond motifs is 1. The van der Waals surface area contributed by atoms with E-state index in [0.717, 1.165) is 21.9 Å². The molecule has 0 saturated carbocycles. The Morgan fingerprint density at radius 1 is 1.25 bits per heavy atom. The van der Waals surface area contributed by atoms with Crippen LogP contribution in [0.1, 0.15) is 5.69 Å². The predicted octanol–water partition coefficient (Wildman–Crippen LogP) is 4.41. The molecule has 9 heteroatoms. The van der Waals surface area contributed by atoms with Gasteiger partial charge in [0.2, 0.25) is 0 Å². The fourth-order valence-electron chi connectivity index (χ4n) is 2.27. The summed E-state index contributed by atoms with van der Waals surface area (Å²) in [4.78, 5) is 13.0. The van der Waals surface area contributed by atoms with E-state index >= 15 is 0 Å². The summed E-state index contributed by atoms with van der Waals surface area (Å²) in [5.74, 6) is 1.02. The van der Waals surface area contributed by atoms with Crippen molar-refractivity contribution in [2.45, 2.75) is 5.88 Å². The van der Waals surface area contributed by atoms with Crippen LogP contribution in [0.2, 0.25) is 5.02 Å². The molecule has 0 amide bonds. The van der Waals surface area contributed by atoms with Crippen molar-refractivity contribution in [1.82, 2.24) is 24.7 Å². The smallest absolute Gasteiger partial charge is 0.188 e. The molecule has 1 N–H and O–H groups in total. The van der Waals surface area contributed by atoms with E-state index in [9.17, 15) is 0 Å². The highest BCUT2D eigenvalue weighted by Gasteiger charge is 2.12. The fourth-order valence-corrected chi connectivity index (χ4v) is 3.39. The molecule has 24 heavy (non-hydrogen) atoms. The van der Waals surface area contributed by atoms with Gasteiger partial charge in [0.15, 0.2) is 10.8 Å². The maximum absolute atomic E-state index is 6.06. The molecule has 6 nitrogen and oxygen atoms in total. The Hall–Kier alpha value is -2.22. The van der Waals surface area contributed by atoms with Gasteiger partial charge >= 0.3 is 0 Å². The van der Waals surface area contributed by atoms with Gasteiger partial charge in [0.05, 0.1) is 28.8 Å². The van der Waals surface area contributed by atoms with E-state index in [4.69, 9.17) is 23.2 Å². The molecule has 0 radical (unpaired) electrons. The van der Waals surface area contributed by atoms with Gasteiger partial charge in [0.25, 0.3) is 0 Å². The minimum absolute atomic E-state index is 0.379. The van der Waals surface area contributed by atoms with Gasteiger partial charge in [-0.05, 0) is 18.2 Å². The lowest BCUT2D eigenvalue weighted by atomic mass is 10.3. The number of benzene rings is 1. The zero-order valence-electron chi connectivity index (χ0n) is 12.1. The molecule has 3 aromatic heterocycles. The van der Waals surface area contributed by atoms with E-state index in [0.29, 0.717) is 22.4 Å². The first kappa shape index (κ1) is 15.3. The zero-order chi connectivity index (χ0) is 16.5. The topological polar surface area (TPSA) is 68.5 Å². The van der Waals surface area contributed by atoms with Crippen LogP contribution in [0, 0.1) is 0 Å². The fraction of sp³-hybridized carbons (Fsp3) is 0.0667. The molecule has 3 heterocycles. The molecule has 0 aliphatic carbocycles.